The summed E-state index contributed by atoms with van der Waals surface area (Å²) in [5.74, 6) is 0. The molecule has 1 heterocycles. The van der Waals surface area contributed by atoms with Crippen LogP contribution in [0.3, 0.4) is 0 Å². The molecular weight excluding hydrogens is 306 g/mol. The summed E-state index contributed by atoms with van der Waals surface area (Å²) in [7, 11) is -0.988. The molecule has 0 saturated heterocycles. The van der Waals surface area contributed by atoms with Gasteiger partial charge in [0, 0.05) is 11.5 Å². The van der Waals surface area contributed by atoms with Crippen LogP contribution in [0.15, 0.2) is 12.3 Å². The average Bonchev–Trinajstić information content (AvgIpc) is 2.26. The third kappa shape index (κ3) is 4.82. The summed E-state index contributed by atoms with van der Waals surface area (Å²) in [4.78, 5) is 4.61. The number of alkyl halides is 1. The van der Waals surface area contributed by atoms with Gasteiger partial charge in [-0.25, -0.2) is 0 Å². The Labute approximate surface area is 121 Å². The van der Waals surface area contributed by atoms with Gasteiger partial charge in [-0.2, -0.15) is 0 Å². The number of aryl methyl sites for hydroxylation is 1. The van der Waals surface area contributed by atoms with Crippen LogP contribution in [0.4, 0.5) is 0 Å². The number of nitrogens with zero attached hydrogens (tertiary/aromatic N) is 1. The summed E-state index contributed by atoms with van der Waals surface area (Å²) in [5.41, 5.74) is 3.83. The van der Waals surface area contributed by atoms with E-state index in [1.165, 1.54) is 11.1 Å². The van der Waals surface area contributed by atoms with E-state index in [4.69, 9.17) is 4.43 Å². The minimum atomic E-state index is -0.988. The van der Waals surface area contributed by atoms with Gasteiger partial charge in [-0.1, -0.05) is 42.8 Å². The zero-order valence-corrected chi connectivity index (χ0v) is 14.8. The molecule has 4 heteroatoms. The van der Waals surface area contributed by atoms with E-state index in [-0.39, 0.29) is 5.41 Å². The van der Waals surface area contributed by atoms with E-state index in [0.29, 0.717) is 6.61 Å². The van der Waals surface area contributed by atoms with Crippen LogP contribution >= 0.6 is 15.9 Å². The fourth-order valence-corrected chi connectivity index (χ4v) is 2.74. The maximum absolute atomic E-state index is 5.83. The lowest BCUT2D eigenvalue weighted by Crippen LogP contribution is -2.18. The van der Waals surface area contributed by atoms with Crippen molar-refractivity contribution >= 4 is 25.0 Å². The Balaban J connectivity index is 3.01. The van der Waals surface area contributed by atoms with Crippen LogP contribution in [0.5, 0.6) is 0 Å². The maximum atomic E-state index is 5.83. The number of pyridine rings is 1. The minimum Gasteiger partial charge on any atom is -0.415 e. The van der Waals surface area contributed by atoms with E-state index in [0.717, 1.165) is 17.4 Å². The highest BCUT2D eigenvalue weighted by Gasteiger charge is 2.19. The van der Waals surface area contributed by atoms with Crippen molar-refractivity contribution in [3.63, 3.8) is 0 Å². The Morgan fingerprint density at radius 2 is 2.00 bits per heavy atom. The fraction of sp³-hybridized carbons (Fsp3) is 0.643. The lowest BCUT2D eigenvalue weighted by molar-refractivity contribution is 0.305. The minimum absolute atomic E-state index is 0.118. The molecule has 0 atom stereocenters. The van der Waals surface area contributed by atoms with Crippen LogP contribution in [-0.4, -0.2) is 19.4 Å². The summed E-state index contributed by atoms with van der Waals surface area (Å²) in [5, 5.41) is 0.979. The van der Waals surface area contributed by atoms with Gasteiger partial charge >= 0.3 is 0 Å². The molecule has 0 N–H and O–H groups in total. The van der Waals surface area contributed by atoms with E-state index in [2.05, 4.69) is 60.8 Å². The molecule has 0 aliphatic heterocycles. The second-order valence-corrected chi connectivity index (χ2v) is 9.11. The van der Waals surface area contributed by atoms with Gasteiger partial charge in [0.1, 0.15) is 0 Å². The van der Waals surface area contributed by atoms with E-state index in [1.54, 1.807) is 0 Å². The van der Waals surface area contributed by atoms with Crippen molar-refractivity contribution in [2.24, 2.45) is 0 Å². The first-order valence-corrected chi connectivity index (χ1v) is 10.4. The SMILES string of the molecule is C[SiH](C)OCc1ncc(CCBr)cc1C(C)(C)C. The molecule has 102 valence electrons. The summed E-state index contributed by atoms with van der Waals surface area (Å²) in [6.45, 7) is 11.7. The molecule has 1 aromatic heterocycles. The van der Waals surface area contributed by atoms with Crippen LogP contribution in [0.1, 0.15) is 37.6 Å². The van der Waals surface area contributed by atoms with Crippen LogP contribution in [-0.2, 0) is 22.9 Å². The van der Waals surface area contributed by atoms with Crippen molar-refractivity contribution in [2.45, 2.75) is 52.3 Å². The zero-order valence-electron chi connectivity index (χ0n) is 12.1. The molecule has 18 heavy (non-hydrogen) atoms. The van der Waals surface area contributed by atoms with E-state index in [9.17, 15) is 0 Å². The zero-order chi connectivity index (χ0) is 13.8. The average molecular weight is 330 g/mol. The predicted molar refractivity (Wildman–Crippen MR) is 84.1 cm³/mol. The van der Waals surface area contributed by atoms with Crippen LogP contribution < -0.4 is 0 Å². The first-order chi connectivity index (χ1) is 8.34. The Morgan fingerprint density at radius 3 is 2.50 bits per heavy atom. The lowest BCUT2D eigenvalue weighted by atomic mass is 9.85. The number of rotatable bonds is 5. The van der Waals surface area contributed by atoms with Crippen molar-refractivity contribution in [1.82, 2.24) is 4.98 Å². The fourth-order valence-electron chi connectivity index (χ4n) is 1.79. The van der Waals surface area contributed by atoms with Crippen LogP contribution in [0.2, 0.25) is 13.1 Å². The summed E-state index contributed by atoms with van der Waals surface area (Å²) >= 11 is 3.48. The van der Waals surface area contributed by atoms with Crippen molar-refractivity contribution in [3.05, 3.63) is 29.1 Å². The highest BCUT2D eigenvalue weighted by atomic mass is 79.9. The first-order valence-electron chi connectivity index (χ1n) is 6.50. The normalized spacial score (nSPS) is 12.2. The Hall–Kier alpha value is -0.193. The third-order valence-electron chi connectivity index (χ3n) is 2.77. The van der Waals surface area contributed by atoms with Gasteiger partial charge in [0.2, 0.25) is 0 Å². The van der Waals surface area contributed by atoms with Crippen LogP contribution in [0, 0.1) is 0 Å². The van der Waals surface area contributed by atoms with Gasteiger partial charge in [0.25, 0.3) is 0 Å². The third-order valence-corrected chi connectivity index (χ3v) is 4.00. The standard InChI is InChI=1S/C14H24BrNOSi/c1-14(2,3)12-8-11(6-7-15)9-16-13(12)10-17-18(4)5/h8-9,18H,6-7,10H2,1-5H3. The molecule has 0 spiro atoms. The number of aromatic nitrogens is 1. The van der Waals surface area contributed by atoms with Gasteiger partial charge in [-0.05, 0) is 36.1 Å². The molecule has 0 unspecified atom stereocenters. The lowest BCUT2D eigenvalue weighted by Gasteiger charge is -2.23. The number of hydrogen-bond donors (Lipinski definition) is 0. The largest absolute Gasteiger partial charge is 0.415 e. The van der Waals surface area contributed by atoms with Gasteiger partial charge in [0.15, 0.2) is 9.04 Å². The molecular formula is C14H24BrNOSi. The van der Waals surface area contributed by atoms with E-state index >= 15 is 0 Å². The van der Waals surface area contributed by atoms with Crippen molar-refractivity contribution < 1.29 is 4.43 Å². The summed E-state index contributed by atoms with van der Waals surface area (Å²) in [6, 6.07) is 2.29. The van der Waals surface area contributed by atoms with Gasteiger partial charge in [-0.15, -0.1) is 0 Å². The first kappa shape index (κ1) is 15.9. The van der Waals surface area contributed by atoms with Gasteiger partial charge in [0.05, 0.1) is 12.3 Å². The van der Waals surface area contributed by atoms with E-state index in [1.807, 2.05) is 6.20 Å². The Bertz CT molecular complexity index is 388. The summed E-state index contributed by atoms with van der Waals surface area (Å²) in [6.07, 6.45) is 3.01. The molecule has 1 aromatic rings. The summed E-state index contributed by atoms with van der Waals surface area (Å²) < 4.78 is 5.83. The smallest absolute Gasteiger partial charge is 0.171 e. The Morgan fingerprint density at radius 1 is 1.33 bits per heavy atom. The molecule has 1 rings (SSSR count). The van der Waals surface area contributed by atoms with Crippen molar-refractivity contribution in [2.75, 3.05) is 5.33 Å². The van der Waals surface area contributed by atoms with E-state index < -0.39 is 9.04 Å². The topological polar surface area (TPSA) is 22.1 Å². The molecule has 0 fully saturated rings. The predicted octanol–water partition coefficient (Wildman–Crippen LogP) is 3.82. The molecule has 0 amide bonds. The number of hydrogen-bond acceptors (Lipinski definition) is 2. The molecule has 0 aliphatic carbocycles. The second kappa shape index (κ2) is 6.82. The van der Waals surface area contributed by atoms with Crippen molar-refractivity contribution in [1.29, 1.82) is 0 Å². The second-order valence-electron chi connectivity index (χ2n) is 5.89. The van der Waals surface area contributed by atoms with Crippen LogP contribution in [0.25, 0.3) is 0 Å². The molecule has 0 bridgehead atoms. The molecule has 0 aliphatic rings. The van der Waals surface area contributed by atoms with Crippen molar-refractivity contribution in [3.8, 4) is 0 Å². The van der Waals surface area contributed by atoms with Gasteiger partial charge < -0.3 is 4.43 Å². The quantitative estimate of drug-likeness (QED) is 0.605. The molecule has 0 aromatic carbocycles. The monoisotopic (exact) mass is 329 g/mol. The molecule has 2 nitrogen and oxygen atoms in total. The Kier molecular flexibility index (Phi) is 6.01. The highest BCUT2D eigenvalue weighted by molar-refractivity contribution is 9.09. The highest BCUT2D eigenvalue weighted by Crippen LogP contribution is 2.26. The molecule has 0 saturated carbocycles. The molecule has 0 radical (unpaired) electrons. The van der Waals surface area contributed by atoms with Gasteiger partial charge in [-0.3, -0.25) is 4.98 Å². The number of halogens is 1. The maximum Gasteiger partial charge on any atom is 0.171 e.